The number of hydrogen-bond donors (Lipinski definition) is 0. The zero-order valence-electron chi connectivity index (χ0n) is 22.7. The predicted molar refractivity (Wildman–Crippen MR) is 153 cm³/mol. The summed E-state index contributed by atoms with van der Waals surface area (Å²) in [4.78, 5) is 0. The van der Waals surface area contributed by atoms with E-state index in [1.807, 2.05) is 0 Å². The molecule has 41 heavy (non-hydrogen) atoms. The molecule has 0 atom stereocenters. The summed E-state index contributed by atoms with van der Waals surface area (Å²) in [6.45, 7) is 0. The summed E-state index contributed by atoms with van der Waals surface area (Å²) in [6, 6.07) is 0. The normalized spacial score (nSPS) is 0. The molecule has 0 aliphatic heterocycles. The van der Waals surface area contributed by atoms with Crippen molar-refractivity contribution in [2.75, 3.05) is 0 Å². The first-order chi connectivity index (χ1) is 0. The summed E-state index contributed by atoms with van der Waals surface area (Å²) in [7, 11) is 0. The fourth-order valence-electron chi connectivity index (χ4n) is 0. The van der Waals surface area contributed by atoms with Gasteiger partial charge in [0.05, 0.1) is 0 Å². The van der Waals surface area contributed by atoms with E-state index in [-0.39, 0.29) is 267 Å². The second-order valence-electron chi connectivity index (χ2n) is 0. The third-order valence-corrected chi connectivity index (χ3v) is 0. The van der Waals surface area contributed by atoms with Crippen molar-refractivity contribution in [2.24, 2.45) is 0 Å². The zero-order valence-corrected chi connectivity index (χ0v) is 24.2. The van der Waals surface area contributed by atoms with Crippen LogP contribution in [0.2, 0.25) is 0 Å². The Morgan fingerprint density at radius 2 is 0.0732 bits per heavy atom. The third-order valence-electron chi connectivity index (χ3n) is 0. The van der Waals surface area contributed by atoms with E-state index in [0.29, 0.717) is 0 Å². The molecule has 0 spiro atoms. The van der Waals surface area contributed by atoms with Gasteiger partial charge in [-0.05, 0) is 0 Å². The first-order valence-corrected chi connectivity index (χ1v) is 0. The smallest absolute Gasteiger partial charge is 1.00 e. The Hall–Kier alpha value is -0.119. The molecule has 0 amide bonds. The van der Waals surface area contributed by atoms with Gasteiger partial charge in [0.15, 0.2) is 0 Å². The minimum absolute atomic E-state index is 0. The molecule has 0 aromatic heterocycles. The Labute approximate surface area is 267 Å². The van der Waals surface area contributed by atoms with Gasteiger partial charge >= 0.3 is 45.5 Å². The average Bonchev–Trinajstić information content (AvgIpc) is 0. The largest absolute Gasteiger partial charge is 2.00 e. The molecule has 0 unspecified atom stereocenters. The molecule has 0 saturated heterocycles. The molecule has 0 saturated carbocycles. The molecule has 0 fully saturated rings. The van der Waals surface area contributed by atoms with Crippen LogP contribution >= 0.6 is 0 Å². The van der Waals surface area contributed by atoms with Crippen LogP contribution in [-0.4, -0.2) is 265 Å². The van der Waals surface area contributed by atoms with Crippen molar-refractivity contribution in [2.45, 2.75) is 0 Å². The molecule has 0 aliphatic carbocycles. The second-order valence-corrected chi connectivity index (χ2v) is 0. The van der Waals surface area contributed by atoms with Gasteiger partial charge in [0.1, 0.15) is 0 Å². The SMILES string of the molecule is O.O.O.O.O.O.O.O.O.O.O.O.O.O.O.O.O.O.O.O.O.O.O.O.O.O.O.O.O.O.O.O.O.O.O.O.O.O.O.O.[H-].[H-].[Sr+2]. The fourth-order valence-corrected chi connectivity index (χ4v) is 0. The molecular weight excluding hydrogens is 728 g/mol. The quantitative estimate of drug-likeness (QED) is 0.206. The van der Waals surface area contributed by atoms with Crippen LogP contribution in [-0.2, 0) is 0 Å². The van der Waals surface area contributed by atoms with Crippen LogP contribution in [0.3, 0.4) is 0 Å². The van der Waals surface area contributed by atoms with Gasteiger partial charge in [-0.2, -0.15) is 0 Å². The number of hydrogen-bond acceptors (Lipinski definition) is 0. The van der Waals surface area contributed by atoms with E-state index in [4.69, 9.17) is 0 Å². The van der Waals surface area contributed by atoms with Crippen molar-refractivity contribution >= 4 is 45.5 Å². The van der Waals surface area contributed by atoms with Gasteiger partial charge < -0.3 is 222 Å². The molecule has 0 rings (SSSR count). The molecule has 80 N–H and O–H groups in total. The molecule has 0 aliphatic rings. The molecule has 41 heteroatoms. The Bertz CT molecular complexity index is 18.5. The van der Waals surface area contributed by atoms with E-state index in [9.17, 15) is 0 Å². The first kappa shape index (κ1) is 4550000. The minimum atomic E-state index is 0. The van der Waals surface area contributed by atoms with Crippen LogP contribution in [0.5, 0.6) is 0 Å². The van der Waals surface area contributed by atoms with E-state index >= 15 is 0 Å². The fraction of sp³-hybridized carbons (Fsp3) is 0. The van der Waals surface area contributed by atoms with Crippen LogP contribution in [0.25, 0.3) is 0 Å². The van der Waals surface area contributed by atoms with E-state index in [1.54, 1.807) is 0 Å². The molecular formula is H82O40Sr. The van der Waals surface area contributed by atoms with Crippen molar-refractivity contribution < 1.29 is 222 Å². The Morgan fingerprint density at radius 1 is 0.0732 bits per heavy atom. The van der Waals surface area contributed by atoms with Crippen LogP contribution < -0.4 is 0 Å². The Morgan fingerprint density at radius 3 is 0.0732 bits per heavy atom. The van der Waals surface area contributed by atoms with Gasteiger partial charge in [-0.3, -0.25) is 0 Å². The second kappa shape index (κ2) is 4220000. The van der Waals surface area contributed by atoms with Crippen LogP contribution in [0.1, 0.15) is 2.85 Å². The summed E-state index contributed by atoms with van der Waals surface area (Å²) < 4.78 is 0. The summed E-state index contributed by atoms with van der Waals surface area (Å²) in [5.74, 6) is 0. The molecule has 0 aromatic carbocycles. The topological polar surface area (TPSA) is 1260 Å². The van der Waals surface area contributed by atoms with Crippen LogP contribution in [0, 0.1) is 0 Å². The molecule has 324 valence electrons. The van der Waals surface area contributed by atoms with Gasteiger partial charge in [-0.25, -0.2) is 0 Å². The van der Waals surface area contributed by atoms with E-state index in [0.717, 1.165) is 0 Å². The standard InChI is InChI=1S/40H2O.Sr.2H/h40*1H2;;;/q;;;;;;;;;;;;;;;;;;;;;;;;;;;;;;;;;;;;;;;;+2;2*-1. The monoisotopic (exact) mass is 810 g/mol. The minimum Gasteiger partial charge on any atom is -1.00 e. The van der Waals surface area contributed by atoms with Gasteiger partial charge in [0.25, 0.3) is 0 Å². The van der Waals surface area contributed by atoms with E-state index < -0.39 is 0 Å². The first-order valence-electron chi connectivity index (χ1n) is 0. The van der Waals surface area contributed by atoms with Crippen molar-refractivity contribution in [3.05, 3.63) is 0 Å². The third kappa shape index (κ3) is 4010000. The zero-order chi connectivity index (χ0) is 0. The van der Waals surface area contributed by atoms with Crippen molar-refractivity contribution in [1.29, 1.82) is 0 Å². The predicted octanol–water partition coefficient (Wildman–Crippen LogP) is -33.1. The maximum absolute atomic E-state index is 0. The average molecular weight is 810 g/mol. The Balaban J connectivity index is 0. The molecule has 0 bridgehead atoms. The van der Waals surface area contributed by atoms with Crippen molar-refractivity contribution in [1.82, 2.24) is 0 Å². The molecule has 40 nitrogen and oxygen atoms in total. The summed E-state index contributed by atoms with van der Waals surface area (Å²) in [6.07, 6.45) is 0. The van der Waals surface area contributed by atoms with Crippen molar-refractivity contribution in [3.8, 4) is 0 Å². The van der Waals surface area contributed by atoms with Gasteiger partial charge in [-0.15, -0.1) is 0 Å². The van der Waals surface area contributed by atoms with E-state index in [2.05, 4.69) is 0 Å². The van der Waals surface area contributed by atoms with Crippen LogP contribution in [0.15, 0.2) is 0 Å². The summed E-state index contributed by atoms with van der Waals surface area (Å²) >= 11 is 0. The van der Waals surface area contributed by atoms with Gasteiger partial charge in [0, 0.05) is 0 Å². The molecule has 0 heterocycles. The molecule has 0 radical (unpaired) electrons. The van der Waals surface area contributed by atoms with Crippen LogP contribution in [0.4, 0.5) is 0 Å². The van der Waals surface area contributed by atoms with E-state index in [1.165, 1.54) is 0 Å². The number of rotatable bonds is 0. The summed E-state index contributed by atoms with van der Waals surface area (Å²) in [5, 5.41) is 0. The maximum Gasteiger partial charge on any atom is 2.00 e. The van der Waals surface area contributed by atoms with Gasteiger partial charge in [-0.1, -0.05) is 0 Å². The Kier molecular flexibility index (Phi) is 469000000000. The van der Waals surface area contributed by atoms with Gasteiger partial charge in [0.2, 0.25) is 0 Å². The maximum atomic E-state index is 0. The molecule has 0 aromatic rings. The summed E-state index contributed by atoms with van der Waals surface area (Å²) in [5.41, 5.74) is 0. The van der Waals surface area contributed by atoms with Crippen molar-refractivity contribution in [3.63, 3.8) is 0 Å².